The van der Waals surface area contributed by atoms with Crippen molar-refractivity contribution < 1.29 is 14.3 Å². The highest BCUT2D eigenvalue weighted by Crippen LogP contribution is 2.37. The maximum atomic E-state index is 11.9. The summed E-state index contributed by atoms with van der Waals surface area (Å²) in [5, 5.41) is 14.2. The third-order valence-electron chi connectivity index (χ3n) is 3.93. The van der Waals surface area contributed by atoms with E-state index < -0.39 is 5.66 Å². The fourth-order valence-corrected chi connectivity index (χ4v) is 2.39. The minimum Gasteiger partial charge on any atom is -0.497 e. The summed E-state index contributed by atoms with van der Waals surface area (Å²) in [6, 6.07) is 5.54. The van der Waals surface area contributed by atoms with Crippen molar-refractivity contribution in [2.75, 3.05) is 32.6 Å². The molecule has 2 N–H and O–H groups in total. The molecule has 1 aliphatic rings. The number of hydrogen-bond acceptors (Lipinski definition) is 6. The number of anilines is 1. The second-order valence-corrected chi connectivity index (χ2v) is 5.76. The molecule has 25 heavy (non-hydrogen) atoms. The van der Waals surface area contributed by atoms with Crippen LogP contribution in [-0.4, -0.2) is 38.9 Å². The molecule has 7 heteroatoms. The van der Waals surface area contributed by atoms with E-state index in [1.807, 2.05) is 12.1 Å². The monoisotopic (exact) mass is 344 g/mol. The van der Waals surface area contributed by atoms with E-state index in [1.54, 1.807) is 20.3 Å². The molecular formula is C18H24N4O3. The van der Waals surface area contributed by atoms with E-state index in [4.69, 9.17) is 15.9 Å². The van der Waals surface area contributed by atoms with E-state index in [0.717, 1.165) is 12.1 Å². The summed E-state index contributed by atoms with van der Waals surface area (Å²) >= 11 is 0. The van der Waals surface area contributed by atoms with E-state index in [1.165, 1.54) is 0 Å². The highest BCUT2D eigenvalue weighted by molar-refractivity contribution is 5.76. The molecule has 0 atom stereocenters. The predicted octanol–water partition coefficient (Wildman–Crippen LogP) is 2.59. The molecule has 0 saturated carbocycles. The van der Waals surface area contributed by atoms with Gasteiger partial charge in [0.05, 0.1) is 14.2 Å². The molecule has 1 heterocycles. The van der Waals surface area contributed by atoms with Crippen LogP contribution < -0.4 is 20.1 Å². The fraction of sp³-hybridized carbons (Fsp3) is 0.500. The lowest BCUT2D eigenvalue weighted by molar-refractivity contribution is -0.121. The third-order valence-corrected chi connectivity index (χ3v) is 3.93. The summed E-state index contributed by atoms with van der Waals surface area (Å²) in [5.74, 6) is 3.98. The van der Waals surface area contributed by atoms with Crippen LogP contribution in [0.5, 0.6) is 11.5 Å². The zero-order valence-corrected chi connectivity index (χ0v) is 14.7. The van der Waals surface area contributed by atoms with E-state index in [0.29, 0.717) is 43.9 Å². The van der Waals surface area contributed by atoms with Gasteiger partial charge in [0.15, 0.2) is 5.66 Å². The standard InChI is InChI=1S/C18H24N4O3/c1-4-5-7-18(21-22-18)8-6-17(23)20-10-9-19-14-11-15(24-2)13-16(12-14)25-3/h1,11-13,19H,5-10H2,2-3H3,(H,20,23). The van der Waals surface area contributed by atoms with E-state index in [2.05, 4.69) is 26.8 Å². The van der Waals surface area contributed by atoms with E-state index in [-0.39, 0.29) is 5.91 Å². The molecule has 1 aromatic rings. The second-order valence-electron chi connectivity index (χ2n) is 5.76. The Kier molecular flexibility index (Phi) is 6.63. The average Bonchev–Trinajstić information content (AvgIpc) is 3.42. The lowest BCUT2D eigenvalue weighted by Crippen LogP contribution is -2.29. The average molecular weight is 344 g/mol. The normalized spacial score (nSPS) is 13.6. The number of carbonyl (C=O) groups is 1. The molecule has 1 aliphatic heterocycles. The molecule has 0 unspecified atom stereocenters. The van der Waals surface area contributed by atoms with Gasteiger partial charge in [0, 0.05) is 62.7 Å². The SMILES string of the molecule is C#CCCC1(CCC(=O)NCCNc2cc(OC)cc(OC)c2)N=N1. The molecule has 0 radical (unpaired) electrons. The predicted molar refractivity (Wildman–Crippen MR) is 95.9 cm³/mol. The summed E-state index contributed by atoms with van der Waals surface area (Å²) in [5.41, 5.74) is 0.466. The number of terminal acetylenes is 1. The van der Waals surface area contributed by atoms with Crippen LogP contribution in [0.3, 0.4) is 0 Å². The van der Waals surface area contributed by atoms with Crippen molar-refractivity contribution in [2.24, 2.45) is 10.2 Å². The molecule has 7 nitrogen and oxygen atoms in total. The Balaban J connectivity index is 1.66. The van der Waals surface area contributed by atoms with Gasteiger partial charge in [-0.2, -0.15) is 10.2 Å². The highest BCUT2D eigenvalue weighted by atomic mass is 16.5. The number of ether oxygens (including phenoxy) is 2. The quantitative estimate of drug-likeness (QED) is 0.477. The Morgan fingerprint density at radius 2 is 1.84 bits per heavy atom. The zero-order valence-electron chi connectivity index (χ0n) is 14.7. The van der Waals surface area contributed by atoms with Crippen molar-refractivity contribution in [1.82, 2.24) is 5.32 Å². The van der Waals surface area contributed by atoms with Gasteiger partial charge in [-0.25, -0.2) is 0 Å². The summed E-state index contributed by atoms with van der Waals surface area (Å²) in [4.78, 5) is 11.9. The Labute approximate surface area is 148 Å². The van der Waals surface area contributed by atoms with E-state index in [9.17, 15) is 4.79 Å². The van der Waals surface area contributed by atoms with Gasteiger partial charge < -0.3 is 20.1 Å². The molecule has 0 saturated heterocycles. The summed E-state index contributed by atoms with van der Waals surface area (Å²) < 4.78 is 10.4. The number of nitrogens with zero attached hydrogens (tertiary/aromatic N) is 2. The first-order chi connectivity index (χ1) is 12.1. The van der Waals surface area contributed by atoms with E-state index >= 15 is 0 Å². The van der Waals surface area contributed by atoms with Gasteiger partial charge in [0.25, 0.3) is 0 Å². The van der Waals surface area contributed by atoms with Crippen LogP contribution in [0.25, 0.3) is 0 Å². The summed E-state index contributed by atoms with van der Waals surface area (Å²) in [6.45, 7) is 1.11. The molecule has 0 aliphatic carbocycles. The number of benzene rings is 1. The number of methoxy groups -OCH3 is 2. The first kappa shape index (κ1) is 18.6. The van der Waals surface area contributed by atoms with Crippen LogP contribution in [-0.2, 0) is 4.79 Å². The Morgan fingerprint density at radius 1 is 1.16 bits per heavy atom. The van der Waals surface area contributed by atoms with Gasteiger partial charge in [-0.1, -0.05) is 0 Å². The van der Waals surface area contributed by atoms with Crippen molar-refractivity contribution in [2.45, 2.75) is 31.3 Å². The van der Waals surface area contributed by atoms with Gasteiger partial charge >= 0.3 is 0 Å². The van der Waals surface area contributed by atoms with Crippen LogP contribution >= 0.6 is 0 Å². The van der Waals surface area contributed by atoms with Gasteiger partial charge in [-0.15, -0.1) is 12.3 Å². The zero-order chi connectivity index (χ0) is 18.1. The largest absolute Gasteiger partial charge is 0.497 e. The molecule has 0 aromatic heterocycles. The molecule has 2 rings (SSSR count). The van der Waals surface area contributed by atoms with Crippen LogP contribution in [0.4, 0.5) is 5.69 Å². The topological polar surface area (TPSA) is 84.3 Å². The molecular weight excluding hydrogens is 320 g/mol. The number of carbonyl (C=O) groups excluding carboxylic acids is 1. The molecule has 1 amide bonds. The van der Waals surface area contributed by atoms with Crippen molar-refractivity contribution in [3.63, 3.8) is 0 Å². The van der Waals surface area contributed by atoms with Crippen LogP contribution in [0.15, 0.2) is 28.4 Å². The maximum Gasteiger partial charge on any atom is 0.220 e. The smallest absolute Gasteiger partial charge is 0.220 e. The number of amides is 1. The molecule has 1 aromatic carbocycles. The third kappa shape index (κ3) is 5.99. The maximum absolute atomic E-state index is 11.9. The first-order valence-electron chi connectivity index (χ1n) is 8.22. The van der Waals surface area contributed by atoms with Crippen molar-refractivity contribution in [3.8, 4) is 23.8 Å². The first-order valence-corrected chi connectivity index (χ1v) is 8.22. The van der Waals surface area contributed by atoms with Crippen LogP contribution in [0.2, 0.25) is 0 Å². The van der Waals surface area contributed by atoms with Crippen LogP contribution in [0.1, 0.15) is 25.7 Å². The van der Waals surface area contributed by atoms with Gasteiger partial charge in [-0.05, 0) is 0 Å². The Hall–Kier alpha value is -2.75. The van der Waals surface area contributed by atoms with Crippen molar-refractivity contribution in [1.29, 1.82) is 0 Å². The number of nitrogens with one attached hydrogen (secondary N) is 2. The molecule has 0 fully saturated rings. The van der Waals surface area contributed by atoms with Crippen molar-refractivity contribution >= 4 is 11.6 Å². The summed E-state index contributed by atoms with van der Waals surface area (Å²) in [7, 11) is 3.21. The van der Waals surface area contributed by atoms with Crippen molar-refractivity contribution in [3.05, 3.63) is 18.2 Å². The molecule has 0 spiro atoms. The number of hydrogen-bond donors (Lipinski definition) is 2. The second kappa shape index (κ2) is 8.92. The van der Waals surface area contributed by atoms with Crippen LogP contribution in [0, 0.1) is 12.3 Å². The minimum absolute atomic E-state index is 0.0117. The van der Waals surface area contributed by atoms with Gasteiger partial charge in [0.1, 0.15) is 11.5 Å². The molecule has 0 bridgehead atoms. The minimum atomic E-state index is -0.404. The van der Waals surface area contributed by atoms with Gasteiger partial charge in [-0.3, -0.25) is 4.79 Å². The fourth-order valence-electron chi connectivity index (χ4n) is 2.39. The van der Waals surface area contributed by atoms with Gasteiger partial charge in [0.2, 0.25) is 5.91 Å². The highest BCUT2D eigenvalue weighted by Gasteiger charge is 2.39. The lowest BCUT2D eigenvalue weighted by Gasteiger charge is -2.12. The molecule has 134 valence electrons. The summed E-state index contributed by atoms with van der Waals surface area (Å²) in [6.07, 6.45) is 7.60. The Bertz CT molecular complexity index is 639. The Morgan fingerprint density at radius 3 is 2.40 bits per heavy atom. The number of rotatable bonds is 11. The lowest BCUT2D eigenvalue weighted by atomic mass is 10.0.